The highest BCUT2D eigenvalue weighted by Gasteiger charge is 2.11. The molecule has 0 amide bonds. The van der Waals surface area contributed by atoms with Crippen LogP contribution in [0.25, 0.3) is 6.08 Å². The maximum atomic E-state index is 12.1. The maximum Gasteiger partial charge on any atom is 0.339 e. The quantitative estimate of drug-likeness (QED) is 0.521. The Morgan fingerprint density at radius 1 is 1.10 bits per heavy atom. The van der Waals surface area contributed by atoms with E-state index in [1.807, 2.05) is 13.0 Å². The Hall–Kier alpha value is -2.55. The minimum absolute atomic E-state index is 0.144. The molecule has 0 aromatic heterocycles. The van der Waals surface area contributed by atoms with Gasteiger partial charge in [0.05, 0.1) is 0 Å². The van der Waals surface area contributed by atoms with Crippen LogP contribution in [0.2, 0.25) is 0 Å². The Bertz CT molecular complexity index is 615. The summed E-state index contributed by atoms with van der Waals surface area (Å²) in [5.41, 5.74) is 1.12. The number of hydrogen-bond acceptors (Lipinski definition) is 3. The lowest BCUT2D eigenvalue weighted by Gasteiger charge is -2.07. The van der Waals surface area contributed by atoms with Crippen LogP contribution < -0.4 is 4.74 Å². The second-order valence-electron chi connectivity index (χ2n) is 4.28. The highest BCUT2D eigenvalue weighted by atomic mass is 16.5. The van der Waals surface area contributed by atoms with Crippen molar-refractivity contribution in [1.29, 1.82) is 0 Å². The van der Waals surface area contributed by atoms with Gasteiger partial charge in [0.15, 0.2) is 0 Å². The fourth-order valence-electron chi connectivity index (χ4n) is 1.76. The predicted molar refractivity (Wildman–Crippen MR) is 78.5 cm³/mol. The standard InChI is InChI=1S/C17H16O3/c1-2-13(12-14-8-6-7-11-16(14)18)17(19)20-15-9-4-3-5-10-15/h3-12,18H,2H2,1H3. The SMILES string of the molecule is CCC(=Cc1ccccc1O)C(=O)Oc1ccccc1. The monoisotopic (exact) mass is 268 g/mol. The summed E-state index contributed by atoms with van der Waals surface area (Å²) in [5, 5.41) is 9.73. The third kappa shape index (κ3) is 3.48. The smallest absolute Gasteiger partial charge is 0.339 e. The van der Waals surface area contributed by atoms with E-state index < -0.39 is 5.97 Å². The predicted octanol–water partition coefficient (Wildman–Crippen LogP) is 3.79. The van der Waals surface area contributed by atoms with Crippen molar-refractivity contribution < 1.29 is 14.6 Å². The third-order valence-electron chi connectivity index (χ3n) is 2.86. The Balaban J connectivity index is 2.20. The van der Waals surface area contributed by atoms with Crippen molar-refractivity contribution in [1.82, 2.24) is 0 Å². The Labute approximate surface area is 118 Å². The molecule has 0 unspecified atom stereocenters. The molecule has 0 bridgehead atoms. The number of benzene rings is 2. The van der Waals surface area contributed by atoms with Gasteiger partial charge in [-0.3, -0.25) is 0 Å². The molecule has 0 aliphatic rings. The molecule has 20 heavy (non-hydrogen) atoms. The second kappa shape index (κ2) is 6.57. The zero-order valence-corrected chi connectivity index (χ0v) is 11.2. The van der Waals surface area contributed by atoms with Crippen LogP contribution in [-0.4, -0.2) is 11.1 Å². The van der Waals surface area contributed by atoms with Crippen molar-refractivity contribution in [2.75, 3.05) is 0 Å². The number of para-hydroxylation sites is 2. The van der Waals surface area contributed by atoms with E-state index in [4.69, 9.17) is 4.74 Å². The highest BCUT2D eigenvalue weighted by molar-refractivity contribution is 5.95. The topological polar surface area (TPSA) is 46.5 Å². The number of rotatable bonds is 4. The number of ether oxygens (including phenoxy) is 1. The van der Waals surface area contributed by atoms with E-state index in [0.29, 0.717) is 23.3 Å². The van der Waals surface area contributed by atoms with E-state index in [0.717, 1.165) is 0 Å². The molecular weight excluding hydrogens is 252 g/mol. The average molecular weight is 268 g/mol. The minimum Gasteiger partial charge on any atom is -0.507 e. The zero-order valence-electron chi connectivity index (χ0n) is 11.2. The first-order valence-corrected chi connectivity index (χ1v) is 6.46. The normalized spacial score (nSPS) is 11.2. The number of hydrogen-bond donors (Lipinski definition) is 1. The van der Waals surface area contributed by atoms with E-state index >= 15 is 0 Å². The van der Waals surface area contributed by atoms with Gasteiger partial charge in [0.1, 0.15) is 11.5 Å². The summed E-state index contributed by atoms with van der Waals surface area (Å²) in [5.74, 6) is 0.252. The minimum atomic E-state index is -0.401. The number of phenolic OH excluding ortho intramolecular Hbond substituents is 1. The van der Waals surface area contributed by atoms with Crippen LogP contribution in [-0.2, 0) is 4.79 Å². The first-order valence-electron chi connectivity index (χ1n) is 6.46. The Morgan fingerprint density at radius 3 is 2.40 bits per heavy atom. The van der Waals surface area contributed by atoms with E-state index in [1.165, 1.54) is 0 Å². The van der Waals surface area contributed by atoms with Crippen LogP contribution in [0.4, 0.5) is 0 Å². The molecule has 0 aliphatic carbocycles. The lowest BCUT2D eigenvalue weighted by Crippen LogP contribution is -2.10. The van der Waals surface area contributed by atoms with Crippen molar-refractivity contribution in [2.24, 2.45) is 0 Å². The molecule has 0 radical (unpaired) electrons. The zero-order chi connectivity index (χ0) is 14.4. The lowest BCUT2D eigenvalue weighted by molar-refractivity contribution is -0.130. The molecule has 0 aliphatic heterocycles. The molecule has 3 heteroatoms. The van der Waals surface area contributed by atoms with E-state index in [-0.39, 0.29) is 5.75 Å². The summed E-state index contributed by atoms with van der Waals surface area (Å²) in [6.45, 7) is 1.87. The summed E-state index contributed by atoms with van der Waals surface area (Å²) in [6, 6.07) is 15.8. The van der Waals surface area contributed by atoms with Gasteiger partial charge in [-0.15, -0.1) is 0 Å². The van der Waals surface area contributed by atoms with Crippen molar-refractivity contribution in [3.8, 4) is 11.5 Å². The summed E-state index contributed by atoms with van der Waals surface area (Å²) in [7, 11) is 0. The number of esters is 1. The van der Waals surface area contributed by atoms with Crippen molar-refractivity contribution in [2.45, 2.75) is 13.3 Å². The molecule has 0 spiro atoms. The first kappa shape index (κ1) is 13.9. The molecule has 0 saturated carbocycles. The molecule has 2 rings (SSSR count). The molecule has 1 N–H and O–H groups in total. The third-order valence-corrected chi connectivity index (χ3v) is 2.86. The lowest BCUT2D eigenvalue weighted by atomic mass is 10.1. The number of carbonyl (C=O) groups excluding carboxylic acids is 1. The van der Waals surface area contributed by atoms with Crippen LogP contribution in [0.3, 0.4) is 0 Å². The van der Waals surface area contributed by atoms with Crippen molar-refractivity contribution in [3.05, 3.63) is 65.7 Å². The molecular formula is C17H16O3. The summed E-state index contributed by atoms with van der Waals surface area (Å²) < 4.78 is 5.29. The summed E-state index contributed by atoms with van der Waals surface area (Å²) >= 11 is 0. The summed E-state index contributed by atoms with van der Waals surface area (Å²) in [4.78, 5) is 12.1. The molecule has 3 nitrogen and oxygen atoms in total. The van der Waals surface area contributed by atoms with Gasteiger partial charge in [0.25, 0.3) is 0 Å². The van der Waals surface area contributed by atoms with Crippen LogP contribution in [0.1, 0.15) is 18.9 Å². The Kier molecular flexibility index (Phi) is 4.56. The van der Waals surface area contributed by atoms with Crippen LogP contribution in [0.5, 0.6) is 11.5 Å². The van der Waals surface area contributed by atoms with Gasteiger partial charge in [0.2, 0.25) is 0 Å². The Morgan fingerprint density at radius 2 is 1.75 bits per heavy atom. The van der Waals surface area contributed by atoms with Gasteiger partial charge < -0.3 is 9.84 Å². The second-order valence-corrected chi connectivity index (χ2v) is 4.28. The fourth-order valence-corrected chi connectivity index (χ4v) is 1.76. The van der Waals surface area contributed by atoms with Crippen LogP contribution in [0, 0.1) is 0 Å². The number of aromatic hydroxyl groups is 1. The molecule has 0 atom stereocenters. The van der Waals surface area contributed by atoms with E-state index in [1.54, 1.807) is 54.6 Å². The van der Waals surface area contributed by atoms with Gasteiger partial charge in [-0.25, -0.2) is 4.79 Å². The van der Waals surface area contributed by atoms with Gasteiger partial charge in [-0.2, -0.15) is 0 Å². The van der Waals surface area contributed by atoms with Crippen molar-refractivity contribution in [3.63, 3.8) is 0 Å². The average Bonchev–Trinajstić information content (AvgIpc) is 2.47. The van der Waals surface area contributed by atoms with Crippen LogP contribution >= 0.6 is 0 Å². The largest absolute Gasteiger partial charge is 0.507 e. The van der Waals surface area contributed by atoms with Gasteiger partial charge in [-0.05, 0) is 30.7 Å². The van der Waals surface area contributed by atoms with Crippen molar-refractivity contribution >= 4 is 12.0 Å². The molecule has 0 heterocycles. The molecule has 0 fully saturated rings. The van der Waals surface area contributed by atoms with E-state index in [2.05, 4.69) is 0 Å². The number of carbonyl (C=O) groups is 1. The molecule has 2 aromatic rings. The number of phenols is 1. The molecule has 102 valence electrons. The molecule has 0 saturated heterocycles. The van der Waals surface area contributed by atoms with Gasteiger partial charge in [-0.1, -0.05) is 43.3 Å². The van der Waals surface area contributed by atoms with Gasteiger partial charge in [0, 0.05) is 11.1 Å². The molecule has 2 aromatic carbocycles. The fraction of sp³-hybridized carbons (Fsp3) is 0.118. The van der Waals surface area contributed by atoms with E-state index in [9.17, 15) is 9.90 Å². The van der Waals surface area contributed by atoms with Crippen LogP contribution in [0.15, 0.2) is 60.2 Å². The highest BCUT2D eigenvalue weighted by Crippen LogP contribution is 2.21. The first-order chi connectivity index (χ1) is 9.70. The summed E-state index contributed by atoms with van der Waals surface area (Å²) in [6.07, 6.45) is 2.18. The van der Waals surface area contributed by atoms with Gasteiger partial charge >= 0.3 is 5.97 Å². The maximum absolute atomic E-state index is 12.1.